The summed E-state index contributed by atoms with van der Waals surface area (Å²) >= 11 is 0. The van der Waals surface area contributed by atoms with E-state index >= 15 is 0 Å². The molecule has 0 spiro atoms. The topological polar surface area (TPSA) is 3.24 Å². The highest BCUT2D eigenvalue weighted by Crippen LogP contribution is 2.38. The second-order valence-corrected chi connectivity index (χ2v) is 6.86. The van der Waals surface area contributed by atoms with Crippen LogP contribution in [0.3, 0.4) is 0 Å². The fourth-order valence-corrected chi connectivity index (χ4v) is 2.70. The molecule has 0 aromatic heterocycles. The van der Waals surface area contributed by atoms with Crippen LogP contribution in [-0.4, -0.2) is 24.5 Å². The Bertz CT molecular complexity index is 188. The van der Waals surface area contributed by atoms with E-state index < -0.39 is 0 Å². The second-order valence-electron chi connectivity index (χ2n) is 6.86. The fourth-order valence-electron chi connectivity index (χ4n) is 2.70. The first-order valence-corrected chi connectivity index (χ1v) is 7.13. The van der Waals surface area contributed by atoms with Crippen molar-refractivity contribution in [3.8, 4) is 0 Å². The molecule has 16 heavy (non-hydrogen) atoms. The minimum atomic E-state index is 0.490. The first-order valence-electron chi connectivity index (χ1n) is 7.13. The molecule has 0 bridgehead atoms. The standard InChI is InChI=1S/C15H31N/c1-6-15(7-2)9-12-16(13-10-15)11-8-14(3,4)5/h6-13H2,1-5H3. The number of hydrogen-bond acceptors (Lipinski definition) is 1. The van der Waals surface area contributed by atoms with Crippen molar-refractivity contribution in [2.24, 2.45) is 10.8 Å². The highest BCUT2D eigenvalue weighted by Gasteiger charge is 2.31. The van der Waals surface area contributed by atoms with Gasteiger partial charge in [0.25, 0.3) is 0 Å². The summed E-state index contributed by atoms with van der Waals surface area (Å²) in [6, 6.07) is 0. The van der Waals surface area contributed by atoms with Crippen LogP contribution in [0.4, 0.5) is 0 Å². The smallest absolute Gasteiger partial charge is 0.00134 e. The predicted octanol–water partition coefficient (Wildman–Crippen LogP) is 4.32. The van der Waals surface area contributed by atoms with Crippen molar-refractivity contribution in [1.29, 1.82) is 0 Å². The summed E-state index contributed by atoms with van der Waals surface area (Å²) < 4.78 is 0. The average molecular weight is 225 g/mol. The third kappa shape index (κ3) is 4.08. The molecular formula is C15H31N. The maximum Gasteiger partial charge on any atom is -0.00134 e. The van der Waals surface area contributed by atoms with Gasteiger partial charge in [-0.2, -0.15) is 0 Å². The summed E-state index contributed by atoms with van der Waals surface area (Å²) in [7, 11) is 0. The number of hydrogen-bond donors (Lipinski definition) is 0. The summed E-state index contributed by atoms with van der Waals surface area (Å²) in [4.78, 5) is 2.68. The molecule has 0 saturated carbocycles. The monoisotopic (exact) mass is 225 g/mol. The summed E-state index contributed by atoms with van der Waals surface area (Å²) in [6.45, 7) is 15.7. The van der Waals surface area contributed by atoms with E-state index in [9.17, 15) is 0 Å². The number of piperidine rings is 1. The Labute approximate surface area is 103 Å². The zero-order valence-electron chi connectivity index (χ0n) is 12.1. The summed E-state index contributed by atoms with van der Waals surface area (Å²) in [6.07, 6.45) is 6.92. The molecule has 0 aliphatic carbocycles. The van der Waals surface area contributed by atoms with Crippen LogP contribution < -0.4 is 0 Å². The van der Waals surface area contributed by atoms with Crippen LogP contribution in [0.5, 0.6) is 0 Å². The zero-order valence-corrected chi connectivity index (χ0v) is 12.1. The van der Waals surface area contributed by atoms with Crippen molar-refractivity contribution in [1.82, 2.24) is 4.90 Å². The van der Waals surface area contributed by atoms with Crippen molar-refractivity contribution in [3.63, 3.8) is 0 Å². The van der Waals surface area contributed by atoms with Crippen molar-refractivity contribution < 1.29 is 0 Å². The van der Waals surface area contributed by atoms with Gasteiger partial charge in [0.15, 0.2) is 0 Å². The van der Waals surface area contributed by atoms with Gasteiger partial charge in [0.05, 0.1) is 0 Å². The summed E-state index contributed by atoms with van der Waals surface area (Å²) in [5.41, 5.74) is 1.17. The van der Waals surface area contributed by atoms with E-state index in [0.717, 1.165) is 0 Å². The minimum Gasteiger partial charge on any atom is -0.303 e. The minimum absolute atomic E-state index is 0.490. The van der Waals surface area contributed by atoms with E-state index in [1.807, 2.05) is 0 Å². The Morgan fingerprint density at radius 1 is 1.00 bits per heavy atom. The Morgan fingerprint density at radius 2 is 1.50 bits per heavy atom. The molecule has 0 aromatic carbocycles. The summed E-state index contributed by atoms with van der Waals surface area (Å²) in [5.74, 6) is 0. The summed E-state index contributed by atoms with van der Waals surface area (Å²) in [5, 5.41) is 0. The maximum atomic E-state index is 2.68. The van der Waals surface area contributed by atoms with E-state index in [4.69, 9.17) is 0 Å². The van der Waals surface area contributed by atoms with Crippen LogP contribution in [0.1, 0.15) is 66.7 Å². The lowest BCUT2D eigenvalue weighted by Gasteiger charge is -2.41. The van der Waals surface area contributed by atoms with Gasteiger partial charge < -0.3 is 4.90 Å². The van der Waals surface area contributed by atoms with E-state index in [0.29, 0.717) is 10.8 Å². The van der Waals surface area contributed by atoms with Crippen LogP contribution in [-0.2, 0) is 0 Å². The molecule has 1 saturated heterocycles. The van der Waals surface area contributed by atoms with Gasteiger partial charge in [0, 0.05) is 0 Å². The van der Waals surface area contributed by atoms with E-state index in [1.54, 1.807) is 0 Å². The predicted molar refractivity (Wildman–Crippen MR) is 72.8 cm³/mol. The molecule has 1 nitrogen and oxygen atoms in total. The Kier molecular flexibility index (Phi) is 4.85. The van der Waals surface area contributed by atoms with Crippen LogP contribution in [0, 0.1) is 10.8 Å². The Balaban J connectivity index is 2.32. The molecule has 0 aromatic rings. The zero-order chi connectivity index (χ0) is 12.2. The van der Waals surface area contributed by atoms with Crippen molar-refractivity contribution in [3.05, 3.63) is 0 Å². The van der Waals surface area contributed by atoms with Gasteiger partial charge in [-0.05, 0) is 49.7 Å². The maximum absolute atomic E-state index is 2.68. The molecule has 0 N–H and O–H groups in total. The van der Waals surface area contributed by atoms with Crippen LogP contribution >= 0.6 is 0 Å². The van der Waals surface area contributed by atoms with Gasteiger partial charge in [-0.3, -0.25) is 0 Å². The molecule has 1 heterocycles. The third-order valence-corrected chi connectivity index (χ3v) is 4.59. The molecule has 1 heteroatoms. The van der Waals surface area contributed by atoms with E-state index in [2.05, 4.69) is 39.5 Å². The van der Waals surface area contributed by atoms with Crippen LogP contribution in [0.2, 0.25) is 0 Å². The molecule has 0 unspecified atom stereocenters. The van der Waals surface area contributed by atoms with Crippen LogP contribution in [0.15, 0.2) is 0 Å². The molecular weight excluding hydrogens is 194 g/mol. The number of nitrogens with zero attached hydrogens (tertiary/aromatic N) is 1. The van der Waals surface area contributed by atoms with Crippen LogP contribution in [0.25, 0.3) is 0 Å². The lowest BCUT2D eigenvalue weighted by atomic mass is 9.74. The van der Waals surface area contributed by atoms with E-state index in [1.165, 1.54) is 51.7 Å². The third-order valence-electron chi connectivity index (χ3n) is 4.59. The lowest BCUT2D eigenvalue weighted by Crippen LogP contribution is -2.40. The highest BCUT2D eigenvalue weighted by atomic mass is 15.1. The molecule has 0 amide bonds. The highest BCUT2D eigenvalue weighted by molar-refractivity contribution is 4.84. The second kappa shape index (κ2) is 5.53. The molecule has 1 aliphatic rings. The SMILES string of the molecule is CCC1(CC)CCN(CCC(C)(C)C)CC1. The molecule has 0 radical (unpaired) electrons. The molecule has 1 rings (SSSR count). The quantitative estimate of drug-likeness (QED) is 0.688. The Morgan fingerprint density at radius 3 is 1.88 bits per heavy atom. The molecule has 1 fully saturated rings. The van der Waals surface area contributed by atoms with Gasteiger partial charge in [-0.15, -0.1) is 0 Å². The van der Waals surface area contributed by atoms with Gasteiger partial charge >= 0.3 is 0 Å². The van der Waals surface area contributed by atoms with E-state index in [-0.39, 0.29) is 0 Å². The molecule has 0 atom stereocenters. The van der Waals surface area contributed by atoms with Crippen molar-refractivity contribution in [2.75, 3.05) is 19.6 Å². The van der Waals surface area contributed by atoms with Gasteiger partial charge in [0.2, 0.25) is 0 Å². The van der Waals surface area contributed by atoms with Gasteiger partial charge in [-0.1, -0.05) is 47.5 Å². The number of rotatable bonds is 4. The van der Waals surface area contributed by atoms with Crippen molar-refractivity contribution >= 4 is 0 Å². The average Bonchev–Trinajstić information content (AvgIpc) is 2.26. The lowest BCUT2D eigenvalue weighted by molar-refractivity contribution is 0.0877. The largest absolute Gasteiger partial charge is 0.303 e. The fraction of sp³-hybridized carbons (Fsp3) is 1.00. The first kappa shape index (κ1) is 14.0. The van der Waals surface area contributed by atoms with Gasteiger partial charge in [0.1, 0.15) is 0 Å². The first-order chi connectivity index (χ1) is 7.41. The van der Waals surface area contributed by atoms with Crippen molar-refractivity contribution in [2.45, 2.75) is 66.7 Å². The van der Waals surface area contributed by atoms with Gasteiger partial charge in [-0.25, -0.2) is 0 Å². The number of likely N-dealkylation sites (tertiary alicyclic amines) is 1. The Hall–Kier alpha value is -0.0400. The normalized spacial score (nSPS) is 22.3. The molecule has 1 aliphatic heterocycles. The molecule has 96 valence electrons.